The van der Waals surface area contributed by atoms with Crippen LogP contribution in [0.3, 0.4) is 0 Å². The fraction of sp³-hybridized carbons (Fsp3) is 0.462. The van der Waals surface area contributed by atoms with E-state index >= 15 is 0 Å². The topological polar surface area (TPSA) is 84.7 Å². The largest absolute Gasteiger partial charge is 0.445 e. The molecule has 20 heavy (non-hydrogen) atoms. The molecule has 1 aromatic carbocycles. The Labute approximate surface area is 116 Å². The number of carbonyl (C=O) groups excluding carboxylic acids is 1. The van der Waals surface area contributed by atoms with Gasteiger partial charge in [-0.05, 0) is 30.7 Å². The lowest BCUT2D eigenvalue weighted by Gasteiger charge is -2.22. The van der Waals surface area contributed by atoms with Gasteiger partial charge in [0.25, 0.3) is 5.69 Å². The van der Waals surface area contributed by atoms with Gasteiger partial charge in [-0.2, -0.15) is 0 Å². The van der Waals surface area contributed by atoms with Crippen molar-refractivity contribution in [3.63, 3.8) is 0 Å². The smallest absolute Gasteiger partial charge is 0.410 e. The zero-order valence-corrected chi connectivity index (χ0v) is 11.2. The molecule has 0 aromatic heterocycles. The highest BCUT2D eigenvalue weighted by molar-refractivity contribution is 5.67. The summed E-state index contributed by atoms with van der Waals surface area (Å²) in [5.74, 6) is 0. The zero-order valence-electron chi connectivity index (χ0n) is 11.2. The molecule has 7 nitrogen and oxygen atoms in total. The fourth-order valence-corrected chi connectivity index (χ4v) is 2.08. The molecule has 1 saturated heterocycles. The van der Waals surface area contributed by atoms with Crippen LogP contribution < -0.4 is 5.32 Å². The Bertz CT molecular complexity index is 483. The molecule has 1 fully saturated rings. The Morgan fingerprint density at radius 3 is 2.75 bits per heavy atom. The van der Waals surface area contributed by atoms with Crippen LogP contribution in [0, 0.1) is 10.1 Å². The lowest BCUT2D eigenvalue weighted by molar-refractivity contribution is -0.384. The van der Waals surface area contributed by atoms with E-state index in [1.54, 1.807) is 24.1 Å². The third kappa shape index (κ3) is 3.45. The summed E-state index contributed by atoms with van der Waals surface area (Å²) in [7, 11) is 1.72. The van der Waals surface area contributed by atoms with Crippen LogP contribution in [-0.2, 0) is 11.3 Å². The first kappa shape index (κ1) is 14.3. The summed E-state index contributed by atoms with van der Waals surface area (Å²) in [5.41, 5.74) is 0.746. The molecule has 1 N–H and O–H groups in total. The van der Waals surface area contributed by atoms with Crippen molar-refractivity contribution in [3.05, 3.63) is 39.9 Å². The summed E-state index contributed by atoms with van der Waals surface area (Å²) in [5, 5.41) is 13.7. The molecular formula is C13H17N3O4. The van der Waals surface area contributed by atoms with Crippen molar-refractivity contribution >= 4 is 11.8 Å². The Morgan fingerprint density at radius 2 is 2.20 bits per heavy atom. The highest BCUT2D eigenvalue weighted by Gasteiger charge is 2.24. The van der Waals surface area contributed by atoms with E-state index in [1.807, 2.05) is 0 Å². The van der Waals surface area contributed by atoms with Crippen molar-refractivity contribution in [2.75, 3.05) is 20.1 Å². The molecule has 2 rings (SSSR count). The van der Waals surface area contributed by atoms with Gasteiger partial charge in [0.05, 0.1) is 4.92 Å². The lowest BCUT2D eigenvalue weighted by Crippen LogP contribution is -2.38. The number of amides is 1. The third-order valence-electron chi connectivity index (χ3n) is 3.38. The first-order chi connectivity index (χ1) is 9.58. The standard InChI is InChI=1S/C13H17N3O4/c1-15(12-6-7-14-8-12)13(17)20-9-10-2-4-11(5-3-10)16(18)19/h2-5,12,14H,6-9H2,1H3/t12-/m0/s1. The number of nitro benzene ring substituents is 1. The van der Waals surface area contributed by atoms with Crippen LogP contribution in [-0.4, -0.2) is 42.1 Å². The monoisotopic (exact) mass is 279 g/mol. The van der Waals surface area contributed by atoms with Gasteiger partial charge in [0.2, 0.25) is 0 Å². The molecule has 0 unspecified atom stereocenters. The van der Waals surface area contributed by atoms with Gasteiger partial charge in [-0.1, -0.05) is 0 Å². The number of nitrogens with zero attached hydrogens (tertiary/aromatic N) is 2. The molecule has 0 saturated carbocycles. The second-order valence-electron chi connectivity index (χ2n) is 4.74. The number of non-ortho nitro benzene ring substituents is 1. The average molecular weight is 279 g/mol. The van der Waals surface area contributed by atoms with E-state index in [0.29, 0.717) is 0 Å². The molecule has 1 aliphatic rings. The van der Waals surface area contributed by atoms with Crippen LogP contribution in [0.2, 0.25) is 0 Å². The van der Waals surface area contributed by atoms with E-state index in [1.165, 1.54) is 12.1 Å². The van der Waals surface area contributed by atoms with Crippen molar-refractivity contribution in [3.8, 4) is 0 Å². The second kappa shape index (κ2) is 6.33. The summed E-state index contributed by atoms with van der Waals surface area (Å²) < 4.78 is 5.19. The first-order valence-electron chi connectivity index (χ1n) is 6.41. The second-order valence-corrected chi connectivity index (χ2v) is 4.74. The number of carbonyl (C=O) groups is 1. The fourth-order valence-electron chi connectivity index (χ4n) is 2.08. The van der Waals surface area contributed by atoms with Crippen LogP contribution in [0.15, 0.2) is 24.3 Å². The molecular weight excluding hydrogens is 262 g/mol. The molecule has 1 atom stereocenters. The number of rotatable bonds is 4. The molecule has 0 aliphatic carbocycles. The third-order valence-corrected chi connectivity index (χ3v) is 3.38. The Kier molecular flexibility index (Phi) is 4.52. The van der Waals surface area contributed by atoms with Gasteiger partial charge in [0, 0.05) is 31.8 Å². The molecule has 0 spiro atoms. The molecule has 0 bridgehead atoms. The van der Waals surface area contributed by atoms with Crippen molar-refractivity contribution in [1.82, 2.24) is 10.2 Å². The van der Waals surface area contributed by atoms with Gasteiger partial charge < -0.3 is 15.0 Å². The summed E-state index contributed by atoms with van der Waals surface area (Å²) in [6.45, 7) is 1.80. The minimum absolute atomic E-state index is 0.0224. The Hall–Kier alpha value is -2.15. The summed E-state index contributed by atoms with van der Waals surface area (Å²) >= 11 is 0. The minimum Gasteiger partial charge on any atom is -0.445 e. The Morgan fingerprint density at radius 1 is 1.50 bits per heavy atom. The highest BCUT2D eigenvalue weighted by Crippen LogP contribution is 2.13. The SMILES string of the molecule is CN(C(=O)OCc1ccc([N+](=O)[O-])cc1)[C@H]1CCNC1. The maximum Gasteiger partial charge on any atom is 0.410 e. The van der Waals surface area contributed by atoms with Crippen molar-refractivity contribution in [1.29, 1.82) is 0 Å². The van der Waals surface area contributed by atoms with Crippen LogP contribution in [0.25, 0.3) is 0 Å². The molecule has 1 aliphatic heterocycles. The number of nitrogens with one attached hydrogen (secondary N) is 1. The van der Waals surface area contributed by atoms with Crippen molar-refractivity contribution in [2.45, 2.75) is 19.1 Å². The summed E-state index contributed by atoms with van der Waals surface area (Å²) in [6, 6.07) is 6.13. The maximum absolute atomic E-state index is 11.8. The highest BCUT2D eigenvalue weighted by atomic mass is 16.6. The van der Waals surface area contributed by atoms with Gasteiger partial charge in [-0.25, -0.2) is 4.79 Å². The molecule has 1 amide bonds. The number of nitro groups is 1. The number of hydrogen-bond acceptors (Lipinski definition) is 5. The number of ether oxygens (including phenoxy) is 1. The van der Waals surface area contributed by atoms with Gasteiger partial charge in [-0.3, -0.25) is 10.1 Å². The van der Waals surface area contributed by atoms with Crippen LogP contribution in [0.4, 0.5) is 10.5 Å². The van der Waals surface area contributed by atoms with Gasteiger partial charge in [-0.15, -0.1) is 0 Å². The Balaban J connectivity index is 1.84. The summed E-state index contributed by atoms with van der Waals surface area (Å²) in [6.07, 6.45) is 0.542. The molecule has 108 valence electrons. The predicted molar refractivity (Wildman–Crippen MR) is 72.3 cm³/mol. The van der Waals surface area contributed by atoms with E-state index in [9.17, 15) is 14.9 Å². The van der Waals surface area contributed by atoms with E-state index in [2.05, 4.69) is 5.32 Å². The van der Waals surface area contributed by atoms with Crippen molar-refractivity contribution < 1.29 is 14.5 Å². The van der Waals surface area contributed by atoms with E-state index in [-0.39, 0.29) is 24.4 Å². The molecule has 7 heteroatoms. The van der Waals surface area contributed by atoms with E-state index < -0.39 is 4.92 Å². The molecule has 1 heterocycles. The van der Waals surface area contributed by atoms with E-state index in [0.717, 1.165) is 25.1 Å². The average Bonchev–Trinajstić information content (AvgIpc) is 2.98. The quantitative estimate of drug-likeness (QED) is 0.667. The maximum atomic E-state index is 11.8. The predicted octanol–water partition coefficient (Wildman–Crippen LogP) is 1.53. The molecule has 0 radical (unpaired) electrons. The minimum atomic E-state index is -0.462. The van der Waals surface area contributed by atoms with Crippen LogP contribution in [0.1, 0.15) is 12.0 Å². The van der Waals surface area contributed by atoms with Crippen LogP contribution in [0.5, 0.6) is 0 Å². The van der Waals surface area contributed by atoms with Crippen LogP contribution >= 0.6 is 0 Å². The van der Waals surface area contributed by atoms with Gasteiger partial charge in [0.1, 0.15) is 6.61 Å². The zero-order chi connectivity index (χ0) is 14.5. The lowest BCUT2D eigenvalue weighted by atomic mass is 10.2. The van der Waals surface area contributed by atoms with Gasteiger partial charge in [0.15, 0.2) is 0 Å². The molecule has 1 aromatic rings. The normalized spacial score (nSPS) is 17.8. The number of hydrogen-bond donors (Lipinski definition) is 1. The van der Waals surface area contributed by atoms with Gasteiger partial charge >= 0.3 is 6.09 Å². The van der Waals surface area contributed by atoms with E-state index in [4.69, 9.17) is 4.74 Å². The number of likely N-dealkylation sites (N-methyl/N-ethyl adjacent to an activating group) is 1. The van der Waals surface area contributed by atoms with Crippen molar-refractivity contribution in [2.24, 2.45) is 0 Å². The first-order valence-corrected chi connectivity index (χ1v) is 6.41. The number of benzene rings is 1. The summed E-state index contributed by atoms with van der Waals surface area (Å²) in [4.78, 5) is 23.5.